The summed E-state index contributed by atoms with van der Waals surface area (Å²) in [5.74, 6) is 0.698. The summed E-state index contributed by atoms with van der Waals surface area (Å²) in [7, 11) is 0. The molecule has 6 nitrogen and oxygen atoms in total. The van der Waals surface area contributed by atoms with Crippen LogP contribution in [0, 0.1) is 6.92 Å². The number of aryl methyl sites for hydroxylation is 1. The van der Waals surface area contributed by atoms with Crippen molar-refractivity contribution < 1.29 is 4.79 Å². The lowest BCUT2D eigenvalue weighted by Crippen LogP contribution is -2.14. The zero-order valence-corrected chi connectivity index (χ0v) is 17.6. The van der Waals surface area contributed by atoms with Crippen LogP contribution in [0.2, 0.25) is 0 Å². The fourth-order valence-corrected chi connectivity index (χ4v) is 3.42. The second-order valence-electron chi connectivity index (χ2n) is 7.70. The number of aromatic nitrogens is 3. The standard InChI is InChI=1S/C21H25N5OS/c1-13-10-19(26-25-13)23-16-11-18(21(3,4)5)24-20(12-16)28-17-8-6-15(7-9-17)22-14(2)27/h6-12H,1-5H3,(H,22,27)(H2,23,24,25,26). The van der Waals surface area contributed by atoms with Gasteiger partial charge in [0.05, 0.1) is 0 Å². The van der Waals surface area contributed by atoms with Crippen LogP contribution in [0.1, 0.15) is 39.1 Å². The molecule has 28 heavy (non-hydrogen) atoms. The molecule has 0 unspecified atom stereocenters. The molecule has 0 aliphatic rings. The van der Waals surface area contributed by atoms with Crippen LogP contribution < -0.4 is 10.6 Å². The molecule has 0 bridgehead atoms. The van der Waals surface area contributed by atoms with Gasteiger partial charge in [0, 0.05) is 46.1 Å². The predicted molar refractivity (Wildman–Crippen MR) is 114 cm³/mol. The Hall–Kier alpha value is -2.80. The molecule has 0 fully saturated rings. The highest BCUT2D eigenvalue weighted by molar-refractivity contribution is 7.99. The van der Waals surface area contributed by atoms with Gasteiger partial charge in [0.2, 0.25) is 5.91 Å². The molecular formula is C21H25N5OS. The second kappa shape index (κ2) is 8.06. The molecule has 0 aliphatic heterocycles. The van der Waals surface area contributed by atoms with Crippen LogP contribution in [0.5, 0.6) is 0 Å². The molecule has 3 aromatic rings. The van der Waals surface area contributed by atoms with E-state index in [9.17, 15) is 4.79 Å². The Bertz CT molecular complexity index is 973. The molecule has 1 aromatic carbocycles. The van der Waals surface area contributed by atoms with E-state index in [1.54, 1.807) is 11.8 Å². The van der Waals surface area contributed by atoms with E-state index in [-0.39, 0.29) is 11.3 Å². The molecule has 0 saturated heterocycles. The van der Waals surface area contributed by atoms with Crippen LogP contribution in [-0.4, -0.2) is 21.1 Å². The molecule has 3 N–H and O–H groups in total. The summed E-state index contributed by atoms with van der Waals surface area (Å²) in [5.41, 5.74) is 3.65. The maximum atomic E-state index is 11.2. The van der Waals surface area contributed by atoms with Crippen molar-refractivity contribution in [1.82, 2.24) is 15.2 Å². The van der Waals surface area contributed by atoms with Gasteiger partial charge in [-0.3, -0.25) is 9.89 Å². The third-order valence-electron chi connectivity index (χ3n) is 3.95. The molecule has 1 amide bonds. The van der Waals surface area contributed by atoms with Crippen LogP contribution in [0.4, 0.5) is 17.2 Å². The van der Waals surface area contributed by atoms with Crippen LogP contribution in [0.15, 0.2) is 52.4 Å². The Morgan fingerprint density at radius 1 is 1.07 bits per heavy atom. The highest BCUT2D eigenvalue weighted by Gasteiger charge is 2.18. The summed E-state index contributed by atoms with van der Waals surface area (Å²) in [6.07, 6.45) is 0. The van der Waals surface area contributed by atoms with Crippen molar-refractivity contribution in [2.24, 2.45) is 0 Å². The minimum atomic E-state index is -0.0796. The third-order valence-corrected chi connectivity index (χ3v) is 4.87. The van der Waals surface area contributed by atoms with E-state index in [1.165, 1.54) is 6.92 Å². The molecule has 0 aliphatic carbocycles. The number of aromatic amines is 1. The average molecular weight is 396 g/mol. The van der Waals surface area contributed by atoms with E-state index >= 15 is 0 Å². The number of benzene rings is 1. The lowest BCUT2D eigenvalue weighted by molar-refractivity contribution is -0.114. The van der Waals surface area contributed by atoms with Crippen molar-refractivity contribution >= 4 is 34.9 Å². The van der Waals surface area contributed by atoms with Crippen molar-refractivity contribution in [3.05, 3.63) is 53.9 Å². The van der Waals surface area contributed by atoms with Gasteiger partial charge in [0.1, 0.15) is 5.03 Å². The van der Waals surface area contributed by atoms with E-state index in [4.69, 9.17) is 4.98 Å². The number of hydrogen-bond donors (Lipinski definition) is 3. The number of anilines is 3. The topological polar surface area (TPSA) is 82.7 Å². The summed E-state index contributed by atoms with van der Waals surface area (Å²) in [6, 6.07) is 13.8. The first-order valence-electron chi connectivity index (χ1n) is 9.06. The van der Waals surface area contributed by atoms with E-state index in [0.29, 0.717) is 0 Å². The van der Waals surface area contributed by atoms with Crippen molar-refractivity contribution in [3.8, 4) is 0 Å². The van der Waals surface area contributed by atoms with Gasteiger partial charge in [-0.15, -0.1) is 0 Å². The molecule has 7 heteroatoms. The Labute approximate surface area is 169 Å². The number of nitrogens with one attached hydrogen (secondary N) is 3. The van der Waals surface area contributed by atoms with Gasteiger partial charge in [-0.1, -0.05) is 32.5 Å². The molecular weight excluding hydrogens is 370 g/mol. The van der Waals surface area contributed by atoms with Crippen molar-refractivity contribution in [1.29, 1.82) is 0 Å². The number of amides is 1. The SMILES string of the molecule is CC(=O)Nc1ccc(Sc2cc(Nc3cc(C)[nH]n3)cc(C(C)(C)C)n2)cc1. The van der Waals surface area contributed by atoms with Gasteiger partial charge in [-0.25, -0.2) is 4.98 Å². The number of H-pyrrole nitrogens is 1. The maximum absolute atomic E-state index is 11.2. The van der Waals surface area contributed by atoms with Gasteiger partial charge in [0.25, 0.3) is 0 Å². The number of carbonyl (C=O) groups is 1. The number of nitrogens with zero attached hydrogens (tertiary/aromatic N) is 2. The Morgan fingerprint density at radius 2 is 1.79 bits per heavy atom. The van der Waals surface area contributed by atoms with Crippen LogP contribution in [-0.2, 0) is 10.2 Å². The highest BCUT2D eigenvalue weighted by Crippen LogP contribution is 2.33. The Morgan fingerprint density at radius 3 is 2.36 bits per heavy atom. The number of rotatable bonds is 5. The zero-order valence-electron chi connectivity index (χ0n) is 16.8. The van der Waals surface area contributed by atoms with Gasteiger partial charge in [0.15, 0.2) is 5.82 Å². The lowest BCUT2D eigenvalue weighted by atomic mass is 9.91. The minimum absolute atomic E-state index is 0.0794. The summed E-state index contributed by atoms with van der Waals surface area (Å²) < 4.78 is 0. The average Bonchev–Trinajstić information content (AvgIpc) is 3.00. The fraction of sp³-hybridized carbons (Fsp3) is 0.286. The Balaban J connectivity index is 1.86. The molecule has 0 spiro atoms. The predicted octanol–water partition coefficient (Wildman–Crippen LogP) is 5.26. The number of carbonyl (C=O) groups excluding carboxylic acids is 1. The highest BCUT2D eigenvalue weighted by atomic mass is 32.2. The van der Waals surface area contributed by atoms with Gasteiger partial charge in [-0.2, -0.15) is 5.10 Å². The molecule has 2 heterocycles. The van der Waals surface area contributed by atoms with Gasteiger partial charge in [-0.05, 0) is 43.3 Å². The number of hydrogen-bond acceptors (Lipinski definition) is 5. The molecule has 0 radical (unpaired) electrons. The van der Waals surface area contributed by atoms with Gasteiger partial charge >= 0.3 is 0 Å². The van der Waals surface area contributed by atoms with Crippen LogP contribution in [0.3, 0.4) is 0 Å². The summed E-state index contributed by atoms with van der Waals surface area (Å²) >= 11 is 1.58. The van der Waals surface area contributed by atoms with Gasteiger partial charge < -0.3 is 10.6 Å². The molecule has 0 saturated carbocycles. The molecule has 3 rings (SSSR count). The summed E-state index contributed by atoms with van der Waals surface area (Å²) in [5, 5.41) is 14.2. The zero-order chi connectivity index (χ0) is 20.3. The Kier molecular flexibility index (Phi) is 5.74. The number of pyridine rings is 1. The quantitative estimate of drug-likeness (QED) is 0.549. The molecule has 2 aromatic heterocycles. The lowest BCUT2D eigenvalue weighted by Gasteiger charge is -2.20. The molecule has 146 valence electrons. The fourth-order valence-electron chi connectivity index (χ4n) is 2.57. The van der Waals surface area contributed by atoms with Crippen molar-refractivity contribution in [2.45, 2.75) is 50.0 Å². The molecule has 0 atom stereocenters. The van der Waals surface area contributed by atoms with E-state index in [1.807, 2.05) is 43.3 Å². The van der Waals surface area contributed by atoms with E-state index in [2.05, 4.69) is 47.7 Å². The first-order chi connectivity index (χ1) is 13.2. The van der Waals surface area contributed by atoms with Crippen molar-refractivity contribution in [3.63, 3.8) is 0 Å². The third kappa shape index (κ3) is 5.36. The minimum Gasteiger partial charge on any atom is -0.339 e. The largest absolute Gasteiger partial charge is 0.339 e. The smallest absolute Gasteiger partial charge is 0.221 e. The summed E-state index contributed by atoms with van der Waals surface area (Å²) in [6.45, 7) is 9.91. The first kappa shape index (κ1) is 19.9. The normalized spacial score (nSPS) is 11.3. The summed E-state index contributed by atoms with van der Waals surface area (Å²) in [4.78, 5) is 17.1. The second-order valence-corrected chi connectivity index (χ2v) is 8.79. The first-order valence-corrected chi connectivity index (χ1v) is 9.88. The van der Waals surface area contributed by atoms with E-state index < -0.39 is 0 Å². The maximum Gasteiger partial charge on any atom is 0.221 e. The van der Waals surface area contributed by atoms with Crippen LogP contribution >= 0.6 is 11.8 Å². The van der Waals surface area contributed by atoms with Crippen LogP contribution in [0.25, 0.3) is 0 Å². The monoisotopic (exact) mass is 395 g/mol. The van der Waals surface area contributed by atoms with E-state index in [0.717, 1.165) is 38.5 Å². The van der Waals surface area contributed by atoms with Crippen molar-refractivity contribution in [2.75, 3.05) is 10.6 Å².